The molecular formula is C22H26N4O5S. The Morgan fingerprint density at radius 1 is 1.09 bits per heavy atom. The average Bonchev–Trinajstić information content (AvgIpc) is 2.93. The van der Waals surface area contributed by atoms with E-state index in [1.54, 1.807) is 32.0 Å². The third-order valence-corrected chi connectivity index (χ3v) is 7.28. The van der Waals surface area contributed by atoms with Crippen LogP contribution in [0.2, 0.25) is 0 Å². The van der Waals surface area contributed by atoms with Gasteiger partial charge in [-0.15, -0.1) is 0 Å². The minimum atomic E-state index is -3.69. The van der Waals surface area contributed by atoms with E-state index in [-0.39, 0.29) is 10.6 Å². The van der Waals surface area contributed by atoms with Gasteiger partial charge in [0.25, 0.3) is 5.91 Å². The second-order valence-corrected chi connectivity index (χ2v) is 10.3. The van der Waals surface area contributed by atoms with Gasteiger partial charge in [-0.2, -0.15) is 0 Å². The van der Waals surface area contributed by atoms with Gasteiger partial charge in [0, 0.05) is 19.8 Å². The van der Waals surface area contributed by atoms with Crippen LogP contribution in [0.15, 0.2) is 47.4 Å². The number of amides is 4. The lowest BCUT2D eigenvalue weighted by Gasteiger charge is -2.22. The first-order valence-electron chi connectivity index (χ1n) is 9.90. The summed E-state index contributed by atoms with van der Waals surface area (Å²) in [7, 11) is -0.862. The van der Waals surface area contributed by atoms with Gasteiger partial charge in [0.05, 0.1) is 4.90 Å². The van der Waals surface area contributed by atoms with Crippen LogP contribution in [0.25, 0.3) is 0 Å². The van der Waals surface area contributed by atoms with Crippen LogP contribution in [0.5, 0.6) is 0 Å². The highest BCUT2D eigenvalue weighted by molar-refractivity contribution is 7.89. The maximum atomic E-state index is 13.0. The molecule has 0 saturated carbocycles. The van der Waals surface area contributed by atoms with Gasteiger partial charge in [0.1, 0.15) is 12.1 Å². The average molecular weight is 459 g/mol. The van der Waals surface area contributed by atoms with Crippen LogP contribution < -0.4 is 10.6 Å². The molecular weight excluding hydrogens is 432 g/mol. The molecule has 9 nitrogen and oxygen atoms in total. The summed E-state index contributed by atoms with van der Waals surface area (Å²) >= 11 is 0. The number of nitrogens with zero attached hydrogens (tertiary/aromatic N) is 2. The van der Waals surface area contributed by atoms with E-state index in [0.717, 1.165) is 14.8 Å². The molecule has 32 heavy (non-hydrogen) atoms. The lowest BCUT2D eigenvalue weighted by Crippen LogP contribution is -2.42. The zero-order valence-electron chi connectivity index (χ0n) is 18.6. The van der Waals surface area contributed by atoms with Crippen LogP contribution in [0.3, 0.4) is 0 Å². The Bertz CT molecular complexity index is 1190. The second-order valence-electron chi connectivity index (χ2n) is 8.12. The molecule has 170 valence electrons. The predicted molar refractivity (Wildman–Crippen MR) is 119 cm³/mol. The molecule has 0 radical (unpaired) electrons. The molecule has 0 spiro atoms. The topological polar surface area (TPSA) is 116 Å². The third kappa shape index (κ3) is 4.23. The summed E-state index contributed by atoms with van der Waals surface area (Å²) in [5.74, 6) is -1.16. The lowest BCUT2D eigenvalue weighted by atomic mass is 9.91. The van der Waals surface area contributed by atoms with Crippen LogP contribution in [-0.2, 0) is 25.2 Å². The molecule has 3 rings (SSSR count). The maximum absolute atomic E-state index is 13.0. The van der Waals surface area contributed by atoms with Crippen molar-refractivity contribution in [2.24, 2.45) is 0 Å². The summed E-state index contributed by atoms with van der Waals surface area (Å²) in [4.78, 5) is 39.0. The van der Waals surface area contributed by atoms with E-state index in [1.165, 1.54) is 26.2 Å². The Morgan fingerprint density at radius 3 is 2.31 bits per heavy atom. The van der Waals surface area contributed by atoms with E-state index in [0.29, 0.717) is 11.1 Å². The number of urea groups is 1. The third-order valence-electron chi connectivity index (χ3n) is 5.47. The van der Waals surface area contributed by atoms with Crippen LogP contribution >= 0.6 is 0 Å². The van der Waals surface area contributed by atoms with Gasteiger partial charge in [-0.25, -0.2) is 17.5 Å². The number of hydrogen-bond donors (Lipinski definition) is 2. The molecule has 2 aromatic carbocycles. The van der Waals surface area contributed by atoms with E-state index in [4.69, 9.17) is 0 Å². The van der Waals surface area contributed by atoms with Gasteiger partial charge in [0.15, 0.2) is 0 Å². The van der Waals surface area contributed by atoms with E-state index in [9.17, 15) is 22.8 Å². The standard InChI is InChI=1S/C22H26N4O5S/c1-14-6-9-16(10-7-14)22(3)20(28)26(21(29)24-22)13-19(27)23-18-12-17(11-8-15(18)2)32(30,31)25(4)5/h6-12H,13H2,1-5H3,(H,23,27)(H,24,29)/t22-/m0/s1. The molecule has 0 aromatic heterocycles. The summed E-state index contributed by atoms with van der Waals surface area (Å²) in [5.41, 5.74) is 1.27. The Morgan fingerprint density at radius 2 is 1.72 bits per heavy atom. The Kier molecular flexibility index (Phi) is 6.12. The van der Waals surface area contributed by atoms with Gasteiger partial charge in [-0.3, -0.25) is 14.5 Å². The number of nitrogens with one attached hydrogen (secondary N) is 2. The summed E-state index contributed by atoms with van der Waals surface area (Å²) in [5, 5.41) is 5.27. The van der Waals surface area contributed by atoms with Crippen LogP contribution in [0, 0.1) is 13.8 Å². The van der Waals surface area contributed by atoms with Gasteiger partial charge in [0.2, 0.25) is 15.9 Å². The van der Waals surface area contributed by atoms with E-state index in [1.807, 2.05) is 19.1 Å². The number of aryl methyl sites for hydroxylation is 2. The highest BCUT2D eigenvalue weighted by Crippen LogP contribution is 2.29. The fourth-order valence-corrected chi connectivity index (χ4v) is 4.29. The van der Waals surface area contributed by atoms with E-state index >= 15 is 0 Å². The van der Waals surface area contributed by atoms with Gasteiger partial charge >= 0.3 is 6.03 Å². The highest BCUT2D eigenvalue weighted by Gasteiger charge is 2.49. The smallest absolute Gasteiger partial charge is 0.324 e. The maximum Gasteiger partial charge on any atom is 0.325 e. The molecule has 1 aliphatic rings. The van der Waals surface area contributed by atoms with Crippen molar-refractivity contribution in [3.05, 3.63) is 59.2 Å². The molecule has 1 atom stereocenters. The minimum Gasteiger partial charge on any atom is -0.324 e. The molecule has 2 N–H and O–H groups in total. The van der Waals surface area contributed by atoms with Crippen molar-refractivity contribution >= 4 is 33.6 Å². The Labute approximate surface area is 187 Å². The molecule has 2 aromatic rings. The van der Waals surface area contributed by atoms with Crippen molar-refractivity contribution in [1.82, 2.24) is 14.5 Å². The van der Waals surface area contributed by atoms with Crippen LogP contribution in [-0.4, -0.2) is 56.1 Å². The van der Waals surface area contributed by atoms with Crippen molar-refractivity contribution in [3.63, 3.8) is 0 Å². The quantitative estimate of drug-likeness (QED) is 0.642. The van der Waals surface area contributed by atoms with Crippen molar-refractivity contribution < 1.29 is 22.8 Å². The monoisotopic (exact) mass is 458 g/mol. The SMILES string of the molecule is Cc1ccc([C@]2(C)NC(=O)N(CC(=O)Nc3cc(S(=O)(=O)N(C)C)ccc3C)C2=O)cc1. The summed E-state index contributed by atoms with van der Waals surface area (Å²) < 4.78 is 25.8. The van der Waals surface area contributed by atoms with Gasteiger partial charge in [-0.05, 0) is 44.0 Å². The van der Waals surface area contributed by atoms with E-state index < -0.39 is 40.0 Å². The number of anilines is 1. The van der Waals surface area contributed by atoms with Crippen molar-refractivity contribution in [3.8, 4) is 0 Å². The number of sulfonamides is 1. The molecule has 0 bridgehead atoms. The fourth-order valence-electron chi connectivity index (χ4n) is 3.36. The molecule has 1 saturated heterocycles. The summed E-state index contributed by atoms with van der Waals surface area (Å²) in [6, 6.07) is 10.9. The Balaban J connectivity index is 1.79. The zero-order valence-corrected chi connectivity index (χ0v) is 19.4. The zero-order chi connectivity index (χ0) is 23.8. The van der Waals surface area contributed by atoms with E-state index in [2.05, 4.69) is 10.6 Å². The molecule has 0 aliphatic carbocycles. The van der Waals surface area contributed by atoms with Crippen molar-refractivity contribution in [2.75, 3.05) is 26.0 Å². The molecule has 1 aliphatic heterocycles. The molecule has 4 amide bonds. The normalized spacial score (nSPS) is 18.8. The fraction of sp³-hybridized carbons (Fsp3) is 0.318. The highest BCUT2D eigenvalue weighted by atomic mass is 32.2. The minimum absolute atomic E-state index is 0.0188. The number of carbonyl (C=O) groups is 3. The summed E-state index contributed by atoms with van der Waals surface area (Å²) in [6.07, 6.45) is 0. The summed E-state index contributed by atoms with van der Waals surface area (Å²) in [6.45, 7) is 4.72. The first-order chi connectivity index (χ1) is 14.9. The van der Waals surface area contributed by atoms with Gasteiger partial charge < -0.3 is 10.6 Å². The number of rotatable bonds is 6. The molecule has 1 fully saturated rings. The first kappa shape index (κ1) is 23.4. The van der Waals surface area contributed by atoms with Gasteiger partial charge in [-0.1, -0.05) is 35.9 Å². The second kappa shape index (κ2) is 8.36. The Hall–Kier alpha value is -3.24. The van der Waals surface area contributed by atoms with Crippen molar-refractivity contribution in [1.29, 1.82) is 0 Å². The van der Waals surface area contributed by atoms with Crippen molar-refractivity contribution in [2.45, 2.75) is 31.2 Å². The molecule has 10 heteroatoms. The molecule has 1 heterocycles. The number of carbonyl (C=O) groups excluding carboxylic acids is 3. The van der Waals surface area contributed by atoms with Crippen LogP contribution in [0.1, 0.15) is 23.6 Å². The first-order valence-corrected chi connectivity index (χ1v) is 11.3. The van der Waals surface area contributed by atoms with Crippen LogP contribution in [0.4, 0.5) is 10.5 Å². The predicted octanol–water partition coefficient (Wildman–Crippen LogP) is 1.96. The lowest BCUT2D eigenvalue weighted by molar-refractivity contribution is -0.133. The number of benzene rings is 2. The molecule has 0 unspecified atom stereocenters. The number of hydrogen-bond acceptors (Lipinski definition) is 5. The number of imide groups is 1. The largest absolute Gasteiger partial charge is 0.325 e.